The average Bonchev–Trinajstić information content (AvgIpc) is 2.50. The third-order valence-electron chi connectivity index (χ3n) is 4.53. The van der Waals surface area contributed by atoms with E-state index in [1.165, 1.54) is 37.9 Å². The van der Waals surface area contributed by atoms with Crippen molar-refractivity contribution in [3.05, 3.63) is 53.4 Å². The van der Waals surface area contributed by atoms with Crippen LogP contribution in [0.15, 0.2) is 30.7 Å². The fraction of sp³-hybridized carbons (Fsp3) is 0.211. The maximum atomic E-state index is 4.58. The zero-order valence-corrected chi connectivity index (χ0v) is 13.2. The van der Waals surface area contributed by atoms with Crippen molar-refractivity contribution in [2.24, 2.45) is 0 Å². The Hall–Kier alpha value is -2.55. The van der Waals surface area contributed by atoms with Gasteiger partial charge in [-0.15, -0.1) is 0 Å². The molecule has 4 aromatic rings. The van der Waals surface area contributed by atoms with Gasteiger partial charge in [0.1, 0.15) is 0 Å². The molecule has 0 saturated carbocycles. The average molecular weight is 287 g/mol. The molecule has 3 heteroatoms. The van der Waals surface area contributed by atoms with Crippen LogP contribution in [-0.4, -0.2) is 15.0 Å². The van der Waals surface area contributed by atoms with Gasteiger partial charge in [-0.25, -0.2) is 0 Å². The molecule has 108 valence electrons. The molecule has 0 spiro atoms. The Morgan fingerprint density at radius 2 is 1.09 bits per heavy atom. The molecule has 3 nitrogen and oxygen atoms in total. The standard InChI is InChI=1S/C19H17N3/c1-10-9-22-13(4)19-15-5-7-20-11(2)17(15)14-6-8-21-12(3)18(14)16(10)19/h5-9H,1-4H3. The Morgan fingerprint density at radius 1 is 0.591 bits per heavy atom. The number of aromatic nitrogens is 3. The number of hydrogen-bond donors (Lipinski definition) is 0. The number of pyridine rings is 3. The molecular weight excluding hydrogens is 270 g/mol. The molecule has 3 heterocycles. The lowest BCUT2D eigenvalue weighted by Gasteiger charge is -2.15. The second-order valence-corrected chi connectivity index (χ2v) is 5.91. The lowest BCUT2D eigenvalue weighted by atomic mass is 9.91. The molecule has 4 rings (SSSR count). The molecule has 0 fully saturated rings. The molecular formula is C19H17N3. The summed E-state index contributed by atoms with van der Waals surface area (Å²) in [6.45, 7) is 8.35. The van der Waals surface area contributed by atoms with E-state index in [4.69, 9.17) is 0 Å². The van der Waals surface area contributed by atoms with Crippen LogP contribution in [0.1, 0.15) is 22.6 Å². The number of hydrogen-bond acceptors (Lipinski definition) is 3. The van der Waals surface area contributed by atoms with Crippen LogP contribution >= 0.6 is 0 Å². The maximum Gasteiger partial charge on any atom is 0.0457 e. The van der Waals surface area contributed by atoms with Crippen LogP contribution in [-0.2, 0) is 0 Å². The quantitative estimate of drug-likeness (QED) is 0.445. The molecule has 22 heavy (non-hydrogen) atoms. The zero-order valence-electron chi connectivity index (χ0n) is 13.2. The number of aryl methyl sites for hydroxylation is 4. The van der Waals surface area contributed by atoms with Crippen molar-refractivity contribution in [1.82, 2.24) is 15.0 Å². The van der Waals surface area contributed by atoms with Crippen molar-refractivity contribution in [1.29, 1.82) is 0 Å². The normalized spacial score (nSPS) is 11.6. The minimum atomic E-state index is 1.05. The molecule has 0 aliphatic heterocycles. The van der Waals surface area contributed by atoms with Crippen molar-refractivity contribution >= 4 is 32.3 Å². The van der Waals surface area contributed by atoms with Gasteiger partial charge in [0, 0.05) is 51.8 Å². The Labute approximate surface area is 129 Å². The van der Waals surface area contributed by atoms with Gasteiger partial charge >= 0.3 is 0 Å². The van der Waals surface area contributed by atoms with Crippen molar-refractivity contribution in [3.8, 4) is 0 Å². The van der Waals surface area contributed by atoms with Gasteiger partial charge in [0.05, 0.1) is 0 Å². The number of rotatable bonds is 0. The first-order valence-corrected chi connectivity index (χ1v) is 7.48. The molecule has 0 bridgehead atoms. The summed E-state index contributed by atoms with van der Waals surface area (Å²) in [5, 5.41) is 7.40. The summed E-state index contributed by atoms with van der Waals surface area (Å²) in [6, 6.07) is 4.21. The van der Waals surface area contributed by atoms with E-state index < -0.39 is 0 Å². The Bertz CT molecular complexity index is 1020. The lowest BCUT2D eigenvalue weighted by molar-refractivity contribution is 1.20. The highest BCUT2D eigenvalue weighted by Gasteiger charge is 2.16. The SMILES string of the molecule is Cc1nccc2c1c1ccnc(C)c1c1c(C)cnc(C)c21. The topological polar surface area (TPSA) is 38.7 Å². The smallest absolute Gasteiger partial charge is 0.0457 e. The molecule has 0 aliphatic carbocycles. The second kappa shape index (κ2) is 4.47. The van der Waals surface area contributed by atoms with Crippen molar-refractivity contribution in [2.45, 2.75) is 27.7 Å². The molecule has 0 aliphatic rings. The number of fused-ring (bicyclic) bond motifs is 6. The first-order valence-electron chi connectivity index (χ1n) is 7.48. The molecule has 0 N–H and O–H groups in total. The monoisotopic (exact) mass is 287 g/mol. The second-order valence-electron chi connectivity index (χ2n) is 5.91. The summed E-state index contributed by atoms with van der Waals surface area (Å²) in [4.78, 5) is 13.6. The van der Waals surface area contributed by atoms with E-state index in [1.54, 1.807) is 0 Å². The first-order chi connectivity index (χ1) is 10.6. The molecule has 0 unspecified atom stereocenters. The largest absolute Gasteiger partial charge is 0.261 e. The zero-order chi connectivity index (χ0) is 15.4. The third kappa shape index (κ3) is 1.59. The van der Waals surface area contributed by atoms with Crippen LogP contribution in [0.25, 0.3) is 32.3 Å². The van der Waals surface area contributed by atoms with Gasteiger partial charge in [0.15, 0.2) is 0 Å². The van der Waals surface area contributed by atoms with Gasteiger partial charge in [-0.3, -0.25) is 15.0 Å². The van der Waals surface area contributed by atoms with Gasteiger partial charge in [0.2, 0.25) is 0 Å². The molecule has 0 atom stereocenters. The summed E-state index contributed by atoms with van der Waals surface area (Å²) in [5.41, 5.74) is 4.36. The van der Waals surface area contributed by atoms with Gasteiger partial charge in [-0.1, -0.05) is 0 Å². The highest BCUT2D eigenvalue weighted by Crippen LogP contribution is 2.38. The van der Waals surface area contributed by atoms with Gasteiger partial charge in [0.25, 0.3) is 0 Å². The molecule has 1 aromatic carbocycles. The number of benzene rings is 1. The van der Waals surface area contributed by atoms with E-state index in [0.717, 1.165) is 17.1 Å². The van der Waals surface area contributed by atoms with Crippen LogP contribution in [0.3, 0.4) is 0 Å². The fourth-order valence-electron chi connectivity index (χ4n) is 3.56. The first kappa shape index (κ1) is 13.1. The number of nitrogens with zero attached hydrogens (tertiary/aromatic N) is 3. The molecule has 0 saturated heterocycles. The van der Waals surface area contributed by atoms with Crippen molar-refractivity contribution < 1.29 is 0 Å². The Balaban J connectivity index is 2.53. The maximum absolute atomic E-state index is 4.58. The van der Waals surface area contributed by atoms with E-state index in [2.05, 4.69) is 54.8 Å². The summed E-state index contributed by atoms with van der Waals surface area (Å²) >= 11 is 0. The van der Waals surface area contributed by atoms with E-state index in [-0.39, 0.29) is 0 Å². The predicted octanol–water partition coefficient (Wildman–Crippen LogP) is 4.56. The summed E-state index contributed by atoms with van der Waals surface area (Å²) in [7, 11) is 0. The third-order valence-corrected chi connectivity index (χ3v) is 4.53. The van der Waals surface area contributed by atoms with Crippen LogP contribution in [0.2, 0.25) is 0 Å². The van der Waals surface area contributed by atoms with Crippen LogP contribution < -0.4 is 0 Å². The molecule has 3 aromatic heterocycles. The predicted molar refractivity (Wildman–Crippen MR) is 91.3 cm³/mol. The van der Waals surface area contributed by atoms with Gasteiger partial charge < -0.3 is 0 Å². The minimum Gasteiger partial charge on any atom is -0.261 e. The highest BCUT2D eigenvalue weighted by molar-refractivity contribution is 6.27. The van der Waals surface area contributed by atoms with Crippen molar-refractivity contribution in [3.63, 3.8) is 0 Å². The van der Waals surface area contributed by atoms with Crippen LogP contribution in [0.4, 0.5) is 0 Å². The van der Waals surface area contributed by atoms with Crippen LogP contribution in [0.5, 0.6) is 0 Å². The van der Waals surface area contributed by atoms with Gasteiger partial charge in [-0.05, 0) is 61.5 Å². The van der Waals surface area contributed by atoms with E-state index >= 15 is 0 Å². The summed E-state index contributed by atoms with van der Waals surface area (Å²) < 4.78 is 0. The highest BCUT2D eigenvalue weighted by atomic mass is 14.7. The Kier molecular flexibility index (Phi) is 2.67. The van der Waals surface area contributed by atoms with E-state index in [9.17, 15) is 0 Å². The lowest BCUT2D eigenvalue weighted by Crippen LogP contribution is -1.96. The van der Waals surface area contributed by atoms with Gasteiger partial charge in [-0.2, -0.15) is 0 Å². The summed E-state index contributed by atoms with van der Waals surface area (Å²) in [5.74, 6) is 0. The minimum absolute atomic E-state index is 1.05. The van der Waals surface area contributed by atoms with Crippen molar-refractivity contribution in [2.75, 3.05) is 0 Å². The molecule has 0 amide bonds. The van der Waals surface area contributed by atoms with E-state index in [0.29, 0.717) is 0 Å². The summed E-state index contributed by atoms with van der Waals surface area (Å²) in [6.07, 6.45) is 5.74. The fourth-order valence-corrected chi connectivity index (χ4v) is 3.56. The van der Waals surface area contributed by atoms with Crippen LogP contribution in [0, 0.1) is 27.7 Å². The Morgan fingerprint density at radius 3 is 1.68 bits per heavy atom. The molecule has 0 radical (unpaired) electrons. The van der Waals surface area contributed by atoms with E-state index in [1.807, 2.05) is 18.6 Å².